The van der Waals surface area contributed by atoms with Crippen molar-refractivity contribution in [1.82, 2.24) is 4.72 Å². The van der Waals surface area contributed by atoms with Gasteiger partial charge in [-0.25, -0.2) is 13.1 Å². The van der Waals surface area contributed by atoms with E-state index in [2.05, 4.69) is 17.0 Å². The lowest BCUT2D eigenvalue weighted by atomic mass is 10.0. The summed E-state index contributed by atoms with van der Waals surface area (Å²) in [6.45, 7) is 3.21. The Morgan fingerprint density at radius 1 is 1.20 bits per heavy atom. The van der Waals surface area contributed by atoms with Crippen molar-refractivity contribution < 1.29 is 8.42 Å². The Morgan fingerprint density at radius 2 is 1.85 bits per heavy atom. The molecular formula is C15H22N2O2S. The molecule has 2 N–H and O–H groups in total. The molecule has 5 heteroatoms. The van der Waals surface area contributed by atoms with E-state index in [0.717, 1.165) is 25.1 Å². The van der Waals surface area contributed by atoms with Crippen molar-refractivity contribution in [2.75, 3.05) is 11.9 Å². The molecule has 0 saturated heterocycles. The summed E-state index contributed by atoms with van der Waals surface area (Å²) in [5, 5.41) is 3.41. The maximum Gasteiger partial charge on any atom is 0.240 e. The maximum absolute atomic E-state index is 12.0. The summed E-state index contributed by atoms with van der Waals surface area (Å²) < 4.78 is 26.8. The van der Waals surface area contributed by atoms with Gasteiger partial charge in [-0.15, -0.1) is 0 Å². The largest absolute Gasteiger partial charge is 0.384 e. The van der Waals surface area contributed by atoms with Gasteiger partial charge in [0.15, 0.2) is 0 Å². The number of anilines is 1. The SMILES string of the molecule is CCC1(CNc2ccc(S(=O)(=O)NC3CC3)cc2)CC1. The van der Waals surface area contributed by atoms with Crippen LogP contribution >= 0.6 is 0 Å². The Hall–Kier alpha value is -1.07. The van der Waals surface area contributed by atoms with Crippen LogP contribution in [0, 0.1) is 5.41 Å². The Morgan fingerprint density at radius 3 is 2.35 bits per heavy atom. The summed E-state index contributed by atoms with van der Waals surface area (Å²) >= 11 is 0. The number of rotatable bonds is 7. The number of hydrogen-bond acceptors (Lipinski definition) is 3. The summed E-state index contributed by atoms with van der Waals surface area (Å²) in [7, 11) is -3.33. The molecule has 1 aromatic carbocycles. The van der Waals surface area contributed by atoms with Crippen LogP contribution in [0.25, 0.3) is 0 Å². The van der Waals surface area contributed by atoms with Gasteiger partial charge in [0.05, 0.1) is 4.90 Å². The zero-order chi connectivity index (χ0) is 14.2. The molecule has 0 aromatic heterocycles. The predicted octanol–water partition coefficient (Wildman–Crippen LogP) is 2.73. The van der Waals surface area contributed by atoms with Crippen LogP contribution in [0.1, 0.15) is 39.0 Å². The average Bonchev–Trinajstić information content (AvgIpc) is 3.33. The van der Waals surface area contributed by atoms with E-state index in [4.69, 9.17) is 0 Å². The van der Waals surface area contributed by atoms with Crippen LogP contribution in [0.3, 0.4) is 0 Å². The summed E-state index contributed by atoms with van der Waals surface area (Å²) in [4.78, 5) is 0.353. The highest BCUT2D eigenvalue weighted by atomic mass is 32.2. The Balaban J connectivity index is 1.62. The standard InChI is InChI=1S/C15H22N2O2S/c1-2-15(9-10-15)11-16-12-5-7-14(8-6-12)20(18,19)17-13-3-4-13/h5-8,13,16-17H,2-4,9-11H2,1H3. The summed E-state index contributed by atoms with van der Waals surface area (Å²) in [5.41, 5.74) is 1.48. The lowest BCUT2D eigenvalue weighted by Gasteiger charge is -2.14. The smallest absolute Gasteiger partial charge is 0.240 e. The van der Waals surface area contributed by atoms with Crippen molar-refractivity contribution in [2.24, 2.45) is 5.41 Å². The highest BCUT2D eigenvalue weighted by Gasteiger charge is 2.40. The molecule has 4 nitrogen and oxygen atoms in total. The Labute approximate surface area is 121 Å². The molecule has 1 aromatic rings. The third-order valence-electron chi connectivity index (χ3n) is 4.44. The van der Waals surface area contributed by atoms with Gasteiger partial charge in [0.1, 0.15) is 0 Å². The molecule has 0 atom stereocenters. The van der Waals surface area contributed by atoms with Crippen LogP contribution in [0.4, 0.5) is 5.69 Å². The van der Waals surface area contributed by atoms with Gasteiger partial charge in [-0.3, -0.25) is 0 Å². The minimum absolute atomic E-state index is 0.150. The normalized spacial score (nSPS) is 20.6. The van der Waals surface area contributed by atoms with Crippen LogP contribution in [0.2, 0.25) is 0 Å². The molecule has 0 bridgehead atoms. The second-order valence-electron chi connectivity index (χ2n) is 6.13. The fourth-order valence-electron chi connectivity index (χ4n) is 2.36. The van der Waals surface area contributed by atoms with Crippen LogP contribution in [0.5, 0.6) is 0 Å². The van der Waals surface area contributed by atoms with Crippen molar-refractivity contribution in [2.45, 2.75) is 50.0 Å². The minimum Gasteiger partial charge on any atom is -0.384 e. The lowest BCUT2D eigenvalue weighted by molar-refractivity contribution is 0.521. The fourth-order valence-corrected chi connectivity index (χ4v) is 3.67. The lowest BCUT2D eigenvalue weighted by Crippen LogP contribution is -2.25. The van der Waals surface area contributed by atoms with Gasteiger partial charge in [-0.2, -0.15) is 0 Å². The molecule has 20 heavy (non-hydrogen) atoms. The second kappa shape index (κ2) is 5.04. The minimum atomic E-state index is -3.33. The maximum atomic E-state index is 12.0. The number of hydrogen-bond donors (Lipinski definition) is 2. The van der Waals surface area contributed by atoms with Crippen LogP contribution in [-0.4, -0.2) is 21.0 Å². The first kappa shape index (κ1) is 13.9. The van der Waals surface area contributed by atoms with Crippen molar-refractivity contribution in [3.63, 3.8) is 0 Å². The zero-order valence-electron chi connectivity index (χ0n) is 11.9. The van der Waals surface area contributed by atoms with Gasteiger partial charge in [-0.05, 0) is 61.8 Å². The quantitative estimate of drug-likeness (QED) is 0.813. The van der Waals surface area contributed by atoms with Gasteiger partial charge in [0.2, 0.25) is 10.0 Å². The number of benzene rings is 1. The first-order chi connectivity index (χ1) is 9.53. The highest BCUT2D eigenvalue weighted by molar-refractivity contribution is 7.89. The van der Waals surface area contributed by atoms with E-state index in [9.17, 15) is 8.42 Å². The van der Waals surface area contributed by atoms with E-state index in [1.54, 1.807) is 12.1 Å². The molecular weight excluding hydrogens is 272 g/mol. The first-order valence-corrected chi connectivity index (χ1v) is 8.88. The van der Waals surface area contributed by atoms with Crippen molar-refractivity contribution in [3.05, 3.63) is 24.3 Å². The molecule has 0 unspecified atom stereocenters. The average molecular weight is 294 g/mol. The molecule has 2 saturated carbocycles. The molecule has 2 aliphatic rings. The van der Waals surface area contributed by atoms with Crippen molar-refractivity contribution in [1.29, 1.82) is 0 Å². The highest BCUT2D eigenvalue weighted by Crippen LogP contribution is 2.48. The summed E-state index contributed by atoms with van der Waals surface area (Å²) in [5.74, 6) is 0. The van der Waals surface area contributed by atoms with Gasteiger partial charge >= 0.3 is 0 Å². The van der Waals surface area contributed by atoms with E-state index < -0.39 is 10.0 Å². The molecule has 2 aliphatic carbocycles. The third kappa shape index (κ3) is 3.15. The third-order valence-corrected chi connectivity index (χ3v) is 5.97. The molecule has 0 aliphatic heterocycles. The van der Waals surface area contributed by atoms with Gasteiger partial charge in [0, 0.05) is 18.3 Å². The molecule has 0 spiro atoms. The van der Waals surface area contributed by atoms with E-state index in [1.807, 2.05) is 12.1 Å². The predicted molar refractivity (Wildman–Crippen MR) is 80.2 cm³/mol. The van der Waals surface area contributed by atoms with Gasteiger partial charge in [-0.1, -0.05) is 6.92 Å². The van der Waals surface area contributed by atoms with E-state index in [-0.39, 0.29) is 6.04 Å². The number of sulfonamides is 1. The molecule has 0 radical (unpaired) electrons. The van der Waals surface area contributed by atoms with Crippen LogP contribution < -0.4 is 10.0 Å². The molecule has 0 heterocycles. The van der Waals surface area contributed by atoms with Crippen LogP contribution in [0.15, 0.2) is 29.2 Å². The number of nitrogens with one attached hydrogen (secondary N) is 2. The van der Waals surface area contributed by atoms with Crippen molar-refractivity contribution in [3.8, 4) is 0 Å². The zero-order valence-corrected chi connectivity index (χ0v) is 12.7. The Bertz CT molecular complexity index is 572. The Kier molecular flexibility index (Phi) is 3.50. The van der Waals surface area contributed by atoms with Gasteiger partial charge in [0.25, 0.3) is 0 Å². The first-order valence-electron chi connectivity index (χ1n) is 7.39. The van der Waals surface area contributed by atoms with E-state index >= 15 is 0 Å². The van der Waals surface area contributed by atoms with Crippen LogP contribution in [-0.2, 0) is 10.0 Å². The van der Waals surface area contributed by atoms with E-state index in [0.29, 0.717) is 10.3 Å². The van der Waals surface area contributed by atoms with Gasteiger partial charge < -0.3 is 5.32 Å². The van der Waals surface area contributed by atoms with Crippen molar-refractivity contribution >= 4 is 15.7 Å². The second-order valence-corrected chi connectivity index (χ2v) is 7.84. The molecule has 110 valence electrons. The molecule has 3 rings (SSSR count). The summed E-state index contributed by atoms with van der Waals surface area (Å²) in [6.07, 6.45) is 5.72. The van der Waals surface area contributed by atoms with E-state index in [1.165, 1.54) is 19.3 Å². The summed E-state index contributed by atoms with van der Waals surface area (Å²) in [6, 6.07) is 7.22. The molecule has 0 amide bonds. The molecule has 2 fully saturated rings. The fraction of sp³-hybridized carbons (Fsp3) is 0.600. The topological polar surface area (TPSA) is 58.2 Å². The monoisotopic (exact) mass is 294 g/mol.